The summed E-state index contributed by atoms with van der Waals surface area (Å²) >= 11 is 0. The van der Waals surface area contributed by atoms with Crippen LogP contribution in [0.25, 0.3) is 0 Å². The Labute approximate surface area is 302 Å². The van der Waals surface area contributed by atoms with Crippen LogP contribution in [0.3, 0.4) is 0 Å². The number of aliphatic hydroxyl groups excluding tert-OH is 4. The molecule has 2 aromatic rings. The van der Waals surface area contributed by atoms with Crippen molar-refractivity contribution in [3.05, 3.63) is 71.8 Å². The molecule has 0 radical (unpaired) electrons. The van der Waals surface area contributed by atoms with Crippen molar-refractivity contribution in [2.45, 2.75) is 117 Å². The number of carbonyl (C=O) groups excluding carboxylic acids is 2. The van der Waals surface area contributed by atoms with E-state index < -0.39 is 66.5 Å². The zero-order chi connectivity index (χ0) is 36.3. The molecule has 6 atom stereocenters. The maximum absolute atomic E-state index is 12.2. The highest BCUT2D eigenvalue weighted by Crippen LogP contribution is 2.10. The number of aliphatic hydroxyl groups is 4. The lowest BCUT2D eigenvalue weighted by Crippen LogP contribution is -2.46. The Morgan fingerprint density at radius 1 is 0.620 bits per heavy atom. The molecule has 0 aliphatic heterocycles. The van der Waals surface area contributed by atoms with Crippen LogP contribution in [0.4, 0.5) is 9.59 Å². The average molecular weight is 743 g/mol. The van der Waals surface area contributed by atoms with E-state index in [2.05, 4.69) is 10.6 Å². The quantitative estimate of drug-likeness (QED) is 0.113. The number of rotatable bonds is 18. The molecule has 0 bridgehead atoms. The highest BCUT2D eigenvalue weighted by molar-refractivity contribution is 6.70. The van der Waals surface area contributed by atoms with Crippen LogP contribution in [-0.4, -0.2) is 112 Å². The molecule has 2 unspecified atom stereocenters. The van der Waals surface area contributed by atoms with Crippen molar-refractivity contribution in [3.63, 3.8) is 0 Å². The maximum Gasteiger partial charge on any atom is 0.407 e. The first-order valence-electron chi connectivity index (χ1n) is 16.3. The van der Waals surface area contributed by atoms with Gasteiger partial charge in [0.1, 0.15) is 12.2 Å². The number of carbonyl (C=O) groups is 2. The molecule has 0 aromatic heterocycles. The van der Waals surface area contributed by atoms with E-state index in [9.17, 15) is 30.0 Å². The van der Waals surface area contributed by atoms with Crippen LogP contribution in [0, 0.1) is 0 Å². The summed E-state index contributed by atoms with van der Waals surface area (Å²) < 4.78 is 21.5. The monoisotopic (exact) mass is 742 g/mol. The maximum atomic E-state index is 12.2. The molecule has 0 saturated heterocycles. The van der Waals surface area contributed by atoms with E-state index in [1.54, 1.807) is 0 Å². The second-order valence-corrected chi connectivity index (χ2v) is 22.7. The number of hydrogen-bond acceptors (Lipinski definition) is 10. The molecule has 2 amide bonds. The fraction of sp³-hybridized carbons (Fsp3) is 0.611. The van der Waals surface area contributed by atoms with E-state index in [-0.39, 0.29) is 40.2 Å². The Kier molecular flexibility index (Phi) is 24.8. The smallest absolute Gasteiger partial charge is 0.407 e. The van der Waals surface area contributed by atoms with Crippen molar-refractivity contribution in [2.24, 2.45) is 0 Å². The zero-order valence-electron chi connectivity index (χ0n) is 29.7. The van der Waals surface area contributed by atoms with E-state index in [1.807, 2.05) is 114 Å². The molecule has 50 heavy (non-hydrogen) atoms. The Hall–Kier alpha value is -2.83. The topological polar surface area (TPSA) is 176 Å². The second-order valence-electron chi connectivity index (χ2n) is 13.7. The van der Waals surface area contributed by atoms with Gasteiger partial charge in [0.2, 0.25) is 0 Å². The Morgan fingerprint density at radius 2 is 0.920 bits per heavy atom. The number of hydrogen-bond donors (Lipinski definition) is 6. The fourth-order valence-corrected chi connectivity index (χ4v) is 5.48. The van der Waals surface area contributed by atoms with Gasteiger partial charge >= 0.3 is 12.2 Å². The van der Waals surface area contributed by atoms with Gasteiger partial charge in [-0.1, -0.05) is 75.5 Å². The van der Waals surface area contributed by atoms with Gasteiger partial charge in [0.05, 0.1) is 26.4 Å². The van der Waals surface area contributed by atoms with Crippen LogP contribution in [0.15, 0.2) is 60.7 Å². The van der Waals surface area contributed by atoms with Crippen LogP contribution in [0.5, 0.6) is 0 Å². The predicted octanol–water partition coefficient (Wildman–Crippen LogP) is 5.11. The van der Waals surface area contributed by atoms with Gasteiger partial charge in [-0.2, -0.15) is 0 Å². The molecule has 0 aliphatic rings. The molecule has 2 aromatic carbocycles. The van der Waals surface area contributed by atoms with E-state index in [0.717, 1.165) is 11.1 Å². The summed E-state index contributed by atoms with van der Waals surface area (Å²) in [6.07, 6.45) is -4.48. The minimum Gasteiger partial charge on any atom is -0.440 e. The Bertz CT molecular complexity index is 1080. The summed E-state index contributed by atoms with van der Waals surface area (Å²) in [6.45, 7) is 15.1. The Balaban J connectivity index is 0. The summed E-state index contributed by atoms with van der Waals surface area (Å²) in [4.78, 5) is 24.4. The molecule has 0 fully saturated rings. The van der Waals surface area contributed by atoms with Gasteiger partial charge in [-0.05, 0) is 77.1 Å². The van der Waals surface area contributed by atoms with Crippen molar-refractivity contribution < 1.29 is 48.3 Å². The molecular weight excluding hydrogens is 677 g/mol. The van der Waals surface area contributed by atoms with Crippen LogP contribution in [0.2, 0.25) is 39.3 Å². The van der Waals surface area contributed by atoms with E-state index in [4.69, 9.17) is 18.3 Å². The van der Waals surface area contributed by atoms with Gasteiger partial charge in [0.25, 0.3) is 0 Å². The van der Waals surface area contributed by atoms with Gasteiger partial charge in [0, 0.05) is 12.1 Å². The SMILES string of the molecule is C.C.CC(Cc1ccccc1)NC(=O)O[C@@H](CO)[C@@H](CO)OC(=O)NC(C)Cc1ccccc1.C[Si](C)(C)OC[C@@H](O)[C@@H](O)CO[Si](C)(C)C. The fourth-order valence-electron chi connectivity index (χ4n) is 4.14. The van der Waals surface area contributed by atoms with Gasteiger partial charge in [0.15, 0.2) is 28.8 Å². The first-order valence-corrected chi connectivity index (χ1v) is 23.1. The number of amides is 2. The van der Waals surface area contributed by atoms with Gasteiger partial charge in [-0.3, -0.25) is 0 Å². The molecule has 0 aliphatic carbocycles. The minimum absolute atomic E-state index is 0. The van der Waals surface area contributed by atoms with Crippen LogP contribution < -0.4 is 10.6 Å². The number of alkyl carbamates (subject to hydrolysis) is 2. The van der Waals surface area contributed by atoms with Crippen LogP contribution in [0.1, 0.15) is 39.8 Å². The highest BCUT2D eigenvalue weighted by atomic mass is 28.4. The summed E-state index contributed by atoms with van der Waals surface area (Å²) in [7, 11) is -3.26. The number of ether oxygens (including phenoxy) is 2. The standard InChI is InChI=1S/C24H32N2O6.C10H26O4Si2.2CH4/c1-17(13-19-9-5-3-6-10-19)25-23(29)31-21(15-27)22(16-28)32-24(30)26-18(2)14-20-11-7-4-8-12-20;1-15(2,3)13-7-9(11)10(12)8-14-16(4,5)6;;/h3-12,17-18,21-22,27-28H,13-16H2,1-2H3,(H,25,29)(H,26,30);9-12H,7-8H2,1-6H3;2*1H4/t17?,18?,21-,22+;9-,10+;;. The van der Waals surface area contributed by atoms with Crippen LogP contribution in [-0.2, 0) is 31.2 Å². The molecule has 12 nitrogen and oxygen atoms in total. The van der Waals surface area contributed by atoms with Crippen molar-refractivity contribution in [2.75, 3.05) is 26.4 Å². The third-order valence-electron chi connectivity index (χ3n) is 6.61. The summed E-state index contributed by atoms with van der Waals surface area (Å²) in [6, 6.07) is 18.8. The average Bonchev–Trinajstić information content (AvgIpc) is 3.00. The molecule has 14 heteroatoms. The molecule has 288 valence electrons. The third kappa shape index (κ3) is 23.6. The first kappa shape index (κ1) is 49.3. The molecular formula is C36H66N2O10Si2. The molecule has 2 rings (SSSR count). The lowest BCUT2D eigenvalue weighted by molar-refractivity contribution is -0.0544. The van der Waals surface area contributed by atoms with Crippen molar-refractivity contribution >= 4 is 28.8 Å². The Morgan fingerprint density at radius 3 is 1.18 bits per heavy atom. The third-order valence-corrected chi connectivity index (χ3v) is 8.67. The number of nitrogens with one attached hydrogen (secondary N) is 2. The van der Waals surface area contributed by atoms with Gasteiger partial charge in [-0.25, -0.2) is 9.59 Å². The van der Waals surface area contributed by atoms with Crippen LogP contribution >= 0.6 is 0 Å². The lowest BCUT2D eigenvalue weighted by Gasteiger charge is -2.25. The summed E-state index contributed by atoms with van der Waals surface area (Å²) in [5.74, 6) is 0. The van der Waals surface area contributed by atoms with E-state index in [1.165, 1.54) is 0 Å². The first-order chi connectivity index (χ1) is 22.4. The minimum atomic E-state index is -1.63. The summed E-state index contributed by atoms with van der Waals surface area (Å²) in [5, 5.41) is 43.9. The van der Waals surface area contributed by atoms with Crippen molar-refractivity contribution in [3.8, 4) is 0 Å². The molecule has 0 spiro atoms. The van der Waals surface area contributed by atoms with Crippen molar-refractivity contribution in [1.82, 2.24) is 10.6 Å². The molecule has 0 saturated carbocycles. The summed E-state index contributed by atoms with van der Waals surface area (Å²) in [5.41, 5.74) is 2.11. The normalized spacial score (nSPS) is 14.8. The van der Waals surface area contributed by atoms with E-state index >= 15 is 0 Å². The number of benzene rings is 2. The predicted molar refractivity (Wildman–Crippen MR) is 204 cm³/mol. The van der Waals surface area contributed by atoms with Gasteiger partial charge in [-0.15, -0.1) is 0 Å². The van der Waals surface area contributed by atoms with E-state index in [0.29, 0.717) is 12.8 Å². The molecule has 6 N–H and O–H groups in total. The lowest BCUT2D eigenvalue weighted by atomic mass is 10.1. The largest absolute Gasteiger partial charge is 0.440 e. The highest BCUT2D eigenvalue weighted by Gasteiger charge is 2.29. The molecule has 0 heterocycles. The zero-order valence-corrected chi connectivity index (χ0v) is 31.7. The van der Waals surface area contributed by atoms with Crippen molar-refractivity contribution in [1.29, 1.82) is 0 Å². The second kappa shape index (κ2) is 25.2. The van der Waals surface area contributed by atoms with Gasteiger partial charge < -0.3 is 49.4 Å².